The van der Waals surface area contributed by atoms with Gasteiger partial charge in [-0.2, -0.15) is 0 Å². The number of carbonyl (C=O) groups excluding carboxylic acids is 3. The quantitative estimate of drug-likeness (QED) is 0.245. The summed E-state index contributed by atoms with van der Waals surface area (Å²) >= 11 is 6.11. The first-order valence-corrected chi connectivity index (χ1v) is 14.4. The van der Waals surface area contributed by atoms with Gasteiger partial charge in [-0.3, -0.25) is 24.2 Å². The smallest absolute Gasteiger partial charge is 0.305 e. The van der Waals surface area contributed by atoms with Gasteiger partial charge in [0.05, 0.1) is 23.8 Å². The molecule has 0 aliphatic carbocycles. The summed E-state index contributed by atoms with van der Waals surface area (Å²) in [6, 6.07) is 23.1. The van der Waals surface area contributed by atoms with E-state index in [2.05, 4.69) is 15.6 Å². The summed E-state index contributed by atoms with van der Waals surface area (Å²) in [4.78, 5) is 59.0. The second-order valence-electron chi connectivity index (χ2n) is 10.3. The number of amides is 3. The summed E-state index contributed by atoms with van der Waals surface area (Å²) in [5.41, 5.74) is 2.82. The number of carboxylic acids is 1. The molecule has 0 saturated carbocycles. The minimum atomic E-state index is -1.08. The van der Waals surface area contributed by atoms with E-state index in [-0.39, 0.29) is 17.9 Å². The predicted molar refractivity (Wildman–Crippen MR) is 167 cm³/mol. The number of rotatable bonds is 9. The van der Waals surface area contributed by atoms with Gasteiger partial charge in [-0.1, -0.05) is 41.9 Å². The zero-order valence-corrected chi connectivity index (χ0v) is 24.4. The Morgan fingerprint density at radius 2 is 1.55 bits per heavy atom. The molecule has 0 radical (unpaired) electrons. The van der Waals surface area contributed by atoms with Crippen molar-refractivity contribution >= 4 is 46.7 Å². The third-order valence-electron chi connectivity index (χ3n) is 7.29. The van der Waals surface area contributed by atoms with Crippen LogP contribution in [0.2, 0.25) is 5.02 Å². The Morgan fingerprint density at radius 1 is 0.818 bits per heavy atom. The van der Waals surface area contributed by atoms with Gasteiger partial charge in [0.15, 0.2) is 0 Å². The molecule has 1 aromatic heterocycles. The number of aliphatic carboxylic acids is 1. The zero-order chi connectivity index (χ0) is 31.1. The van der Waals surface area contributed by atoms with E-state index in [1.165, 1.54) is 6.20 Å². The number of carbonyl (C=O) groups is 4. The molecule has 1 aliphatic rings. The van der Waals surface area contributed by atoms with Crippen LogP contribution >= 0.6 is 11.6 Å². The molecule has 2 heterocycles. The van der Waals surface area contributed by atoms with Crippen molar-refractivity contribution in [2.24, 2.45) is 0 Å². The monoisotopic (exact) mass is 611 g/mol. The molecular weight excluding hydrogens is 582 g/mol. The number of pyridine rings is 1. The van der Waals surface area contributed by atoms with Crippen LogP contribution < -0.4 is 15.5 Å². The average Bonchev–Trinajstić information content (AvgIpc) is 3.05. The third kappa shape index (κ3) is 7.40. The summed E-state index contributed by atoms with van der Waals surface area (Å²) in [6.45, 7) is 1.96. The van der Waals surface area contributed by atoms with Crippen LogP contribution in [0.5, 0.6) is 0 Å². The van der Waals surface area contributed by atoms with Crippen LogP contribution in [-0.4, -0.2) is 64.9 Å². The van der Waals surface area contributed by atoms with E-state index < -0.39 is 23.8 Å². The van der Waals surface area contributed by atoms with Crippen molar-refractivity contribution in [2.45, 2.75) is 12.5 Å². The van der Waals surface area contributed by atoms with E-state index in [0.717, 1.165) is 0 Å². The van der Waals surface area contributed by atoms with Crippen LogP contribution in [-0.2, 0) is 4.79 Å². The summed E-state index contributed by atoms with van der Waals surface area (Å²) in [5, 5.41) is 15.6. The number of piperazine rings is 1. The first-order chi connectivity index (χ1) is 21.3. The molecule has 0 spiro atoms. The van der Waals surface area contributed by atoms with E-state index in [1.54, 1.807) is 77.8 Å². The normalized spacial score (nSPS) is 13.6. The van der Waals surface area contributed by atoms with Gasteiger partial charge in [-0.15, -0.1) is 0 Å². The molecular formula is C33H30ClN5O5. The summed E-state index contributed by atoms with van der Waals surface area (Å²) in [6.07, 6.45) is 2.74. The average molecular weight is 612 g/mol. The molecule has 4 aromatic rings. The summed E-state index contributed by atoms with van der Waals surface area (Å²) in [5.74, 6) is -2.04. The molecule has 11 heteroatoms. The number of carboxylic acid groups (broad SMARTS) is 1. The minimum Gasteiger partial charge on any atom is -0.481 e. The number of hydrogen-bond acceptors (Lipinski definition) is 6. The van der Waals surface area contributed by atoms with Crippen molar-refractivity contribution in [1.29, 1.82) is 0 Å². The van der Waals surface area contributed by atoms with Crippen molar-refractivity contribution in [3.8, 4) is 0 Å². The lowest BCUT2D eigenvalue weighted by Crippen LogP contribution is -2.49. The topological polar surface area (TPSA) is 132 Å². The first-order valence-electron chi connectivity index (χ1n) is 14.0. The Kier molecular flexibility index (Phi) is 9.51. The van der Waals surface area contributed by atoms with Gasteiger partial charge in [0, 0.05) is 60.3 Å². The zero-order valence-electron chi connectivity index (χ0n) is 23.7. The van der Waals surface area contributed by atoms with Gasteiger partial charge in [-0.25, -0.2) is 0 Å². The lowest BCUT2D eigenvalue weighted by Gasteiger charge is -2.37. The van der Waals surface area contributed by atoms with E-state index in [1.807, 2.05) is 23.1 Å². The summed E-state index contributed by atoms with van der Waals surface area (Å²) in [7, 11) is 0. The number of nitrogens with zero attached hydrogens (tertiary/aromatic N) is 3. The first kappa shape index (κ1) is 30.2. The van der Waals surface area contributed by atoms with Gasteiger partial charge in [-0.05, 0) is 60.2 Å². The Morgan fingerprint density at radius 3 is 2.23 bits per heavy atom. The highest BCUT2D eigenvalue weighted by atomic mass is 35.5. The van der Waals surface area contributed by atoms with Crippen LogP contribution in [0.4, 0.5) is 11.4 Å². The van der Waals surface area contributed by atoms with Crippen LogP contribution in [0.3, 0.4) is 0 Å². The van der Waals surface area contributed by atoms with Gasteiger partial charge in [0.25, 0.3) is 17.7 Å². The molecule has 3 N–H and O–H groups in total. The van der Waals surface area contributed by atoms with Crippen molar-refractivity contribution in [1.82, 2.24) is 15.2 Å². The van der Waals surface area contributed by atoms with Gasteiger partial charge in [0.1, 0.15) is 0 Å². The molecule has 3 aromatic carbocycles. The molecule has 5 rings (SSSR count). The highest BCUT2D eigenvalue weighted by Crippen LogP contribution is 2.30. The number of aromatic nitrogens is 1. The minimum absolute atomic E-state index is 0.0451. The van der Waals surface area contributed by atoms with Crippen molar-refractivity contribution in [2.75, 3.05) is 36.4 Å². The lowest BCUT2D eigenvalue weighted by molar-refractivity contribution is -0.137. The maximum atomic E-state index is 13.4. The van der Waals surface area contributed by atoms with Gasteiger partial charge in [0.2, 0.25) is 0 Å². The molecule has 1 aliphatic heterocycles. The molecule has 224 valence electrons. The Balaban J connectivity index is 1.39. The van der Waals surface area contributed by atoms with E-state index >= 15 is 0 Å². The molecule has 3 amide bonds. The maximum absolute atomic E-state index is 13.4. The number of halogens is 1. The Bertz CT molecular complexity index is 1660. The largest absolute Gasteiger partial charge is 0.481 e. The highest BCUT2D eigenvalue weighted by molar-refractivity contribution is 6.31. The molecule has 1 atom stereocenters. The predicted octanol–water partition coefficient (Wildman–Crippen LogP) is 4.90. The molecule has 1 unspecified atom stereocenters. The Labute approximate surface area is 259 Å². The van der Waals surface area contributed by atoms with Crippen LogP contribution in [0.1, 0.15) is 49.1 Å². The highest BCUT2D eigenvalue weighted by Gasteiger charge is 2.26. The fraction of sp³-hybridized carbons (Fsp3) is 0.182. The van der Waals surface area contributed by atoms with Crippen molar-refractivity contribution < 1.29 is 24.3 Å². The molecule has 1 saturated heterocycles. The number of anilines is 2. The molecule has 0 bridgehead atoms. The second kappa shape index (κ2) is 13.8. The van der Waals surface area contributed by atoms with E-state index in [4.69, 9.17) is 11.6 Å². The third-order valence-corrected chi connectivity index (χ3v) is 7.53. The number of benzene rings is 3. The SMILES string of the molecule is O=C(O)CC(NC(=O)c1ccc(N2CCN(C(=O)c3ccccc3)CC2)c(NC(=O)c2cccc(Cl)c2)c1)c1cccnc1. The fourth-order valence-electron chi connectivity index (χ4n) is 5.04. The van der Waals surface area contributed by atoms with Crippen molar-refractivity contribution in [3.05, 3.63) is 125 Å². The number of nitrogens with one attached hydrogen (secondary N) is 2. The molecule has 1 fully saturated rings. The standard InChI is InChI=1S/C33H30ClN5O5/c34-26-10-4-8-23(18-26)31(42)37-28-19-24(32(43)36-27(20-30(40)41)25-9-5-13-35-21-25)11-12-29(28)38-14-16-39(17-15-38)33(44)22-6-2-1-3-7-22/h1-13,18-19,21,27H,14-17,20H2,(H,36,43)(H,37,42)(H,40,41). The second-order valence-corrected chi connectivity index (χ2v) is 10.7. The maximum Gasteiger partial charge on any atom is 0.305 e. The van der Waals surface area contributed by atoms with Gasteiger partial charge < -0.3 is 25.5 Å². The van der Waals surface area contributed by atoms with Crippen LogP contribution in [0, 0.1) is 0 Å². The van der Waals surface area contributed by atoms with Gasteiger partial charge >= 0.3 is 5.97 Å². The molecule has 10 nitrogen and oxygen atoms in total. The lowest BCUT2D eigenvalue weighted by atomic mass is 10.0. The number of hydrogen-bond donors (Lipinski definition) is 3. The van der Waals surface area contributed by atoms with E-state index in [9.17, 15) is 24.3 Å². The van der Waals surface area contributed by atoms with E-state index in [0.29, 0.717) is 59.3 Å². The van der Waals surface area contributed by atoms with Crippen molar-refractivity contribution in [3.63, 3.8) is 0 Å². The fourth-order valence-corrected chi connectivity index (χ4v) is 5.23. The summed E-state index contributed by atoms with van der Waals surface area (Å²) < 4.78 is 0. The van der Waals surface area contributed by atoms with Crippen LogP contribution in [0.15, 0.2) is 97.3 Å². The molecule has 44 heavy (non-hydrogen) atoms. The Hall–Kier alpha value is -5.22. The van der Waals surface area contributed by atoms with Crippen LogP contribution in [0.25, 0.3) is 0 Å².